The maximum Gasteiger partial charge on any atom is 0.387 e. The van der Waals surface area contributed by atoms with E-state index in [1.165, 1.54) is 25.7 Å². The van der Waals surface area contributed by atoms with E-state index in [0.29, 0.717) is 0 Å². The summed E-state index contributed by atoms with van der Waals surface area (Å²) < 4.78 is 28.5. The summed E-state index contributed by atoms with van der Waals surface area (Å²) in [5.41, 5.74) is 2.64. The predicted molar refractivity (Wildman–Crippen MR) is 80.7 cm³/mol. The maximum atomic E-state index is 12.1. The van der Waals surface area contributed by atoms with E-state index < -0.39 is 6.61 Å². The summed E-state index contributed by atoms with van der Waals surface area (Å²) in [5.74, 6) is 0.202. The van der Waals surface area contributed by atoms with Gasteiger partial charge in [0.2, 0.25) is 0 Å². The van der Waals surface area contributed by atoms with Crippen LogP contribution in [-0.2, 0) is 0 Å². The molecule has 0 bridgehead atoms. The molecule has 0 radical (unpaired) electrons. The molecule has 21 heavy (non-hydrogen) atoms. The van der Waals surface area contributed by atoms with Gasteiger partial charge in [0.05, 0.1) is 0 Å². The zero-order chi connectivity index (χ0) is 15.1. The van der Waals surface area contributed by atoms with Crippen molar-refractivity contribution in [3.8, 4) is 5.75 Å². The van der Waals surface area contributed by atoms with E-state index in [-0.39, 0.29) is 11.8 Å². The second kappa shape index (κ2) is 8.13. The number of halogens is 2. The van der Waals surface area contributed by atoms with Crippen LogP contribution < -0.4 is 10.1 Å². The molecule has 0 heterocycles. The molecule has 0 spiro atoms. The Labute approximate surface area is 125 Å². The van der Waals surface area contributed by atoms with E-state index in [4.69, 9.17) is 0 Å². The molecule has 0 fully saturated rings. The van der Waals surface area contributed by atoms with Crippen molar-refractivity contribution in [2.24, 2.45) is 0 Å². The molecule has 116 valence electrons. The molecule has 0 saturated carbocycles. The van der Waals surface area contributed by atoms with Crippen LogP contribution in [0.3, 0.4) is 0 Å². The lowest BCUT2D eigenvalue weighted by Gasteiger charge is -2.17. The van der Waals surface area contributed by atoms with Crippen molar-refractivity contribution in [2.75, 3.05) is 6.54 Å². The van der Waals surface area contributed by atoms with Gasteiger partial charge >= 0.3 is 6.61 Å². The molecule has 1 N–H and O–H groups in total. The normalized spacial score (nSPS) is 16.7. The van der Waals surface area contributed by atoms with E-state index >= 15 is 0 Å². The molecule has 1 atom stereocenters. The minimum atomic E-state index is -2.77. The lowest BCUT2D eigenvalue weighted by Crippen LogP contribution is -2.20. The molecule has 4 heteroatoms. The van der Waals surface area contributed by atoms with Crippen LogP contribution in [-0.4, -0.2) is 13.2 Å². The monoisotopic (exact) mass is 295 g/mol. The Balaban J connectivity index is 1.77. The molecule has 0 aromatic heterocycles. The van der Waals surface area contributed by atoms with Gasteiger partial charge in [-0.15, -0.1) is 0 Å². The van der Waals surface area contributed by atoms with Crippen LogP contribution in [0, 0.1) is 0 Å². The van der Waals surface area contributed by atoms with Crippen molar-refractivity contribution < 1.29 is 13.5 Å². The van der Waals surface area contributed by atoms with E-state index in [2.05, 4.69) is 23.1 Å². The second-order valence-electron chi connectivity index (χ2n) is 5.48. The lowest BCUT2D eigenvalue weighted by atomic mass is 9.97. The van der Waals surface area contributed by atoms with Gasteiger partial charge < -0.3 is 10.1 Å². The molecule has 2 rings (SSSR count). The number of allylic oxidation sites excluding steroid dienone is 1. The Morgan fingerprint density at radius 1 is 1.19 bits per heavy atom. The van der Waals surface area contributed by atoms with E-state index in [0.717, 1.165) is 18.5 Å². The summed E-state index contributed by atoms with van der Waals surface area (Å²) in [5, 5.41) is 3.48. The fraction of sp³-hybridized carbons (Fsp3) is 0.529. The van der Waals surface area contributed by atoms with Crippen LogP contribution in [0.25, 0.3) is 0 Å². The first kappa shape index (κ1) is 16.0. The number of ether oxygens (including phenoxy) is 1. The van der Waals surface area contributed by atoms with Gasteiger partial charge in [0.1, 0.15) is 5.75 Å². The van der Waals surface area contributed by atoms with Crippen molar-refractivity contribution >= 4 is 0 Å². The van der Waals surface area contributed by atoms with Gasteiger partial charge in [0, 0.05) is 6.04 Å². The summed E-state index contributed by atoms with van der Waals surface area (Å²) in [7, 11) is 0. The lowest BCUT2D eigenvalue weighted by molar-refractivity contribution is -0.0498. The fourth-order valence-electron chi connectivity index (χ4n) is 2.64. The molecule has 0 amide bonds. The summed E-state index contributed by atoms with van der Waals surface area (Å²) in [6, 6.07) is 7.03. The van der Waals surface area contributed by atoms with Crippen LogP contribution in [0.2, 0.25) is 0 Å². The third-order valence-electron chi connectivity index (χ3n) is 3.89. The van der Waals surface area contributed by atoms with Gasteiger partial charge in [-0.3, -0.25) is 0 Å². The summed E-state index contributed by atoms with van der Waals surface area (Å²) in [6.07, 6.45) is 8.54. The smallest absolute Gasteiger partial charge is 0.387 e. The average Bonchev–Trinajstić information content (AvgIpc) is 2.48. The molecule has 0 saturated heterocycles. The zero-order valence-corrected chi connectivity index (χ0v) is 12.4. The molecule has 1 aromatic rings. The number of benzene rings is 1. The van der Waals surface area contributed by atoms with E-state index in [1.807, 2.05) is 12.1 Å². The van der Waals surface area contributed by atoms with Gasteiger partial charge in [-0.05, 0) is 63.3 Å². The minimum Gasteiger partial charge on any atom is -0.435 e. The standard InChI is InChI=1S/C17H23F2NO/c1-13(20-12-11-14-5-3-2-4-6-14)15-7-9-16(10-8-15)21-17(18)19/h5,7-10,13,17,20H,2-4,6,11-12H2,1H3. The topological polar surface area (TPSA) is 21.3 Å². The Kier molecular flexibility index (Phi) is 6.18. The van der Waals surface area contributed by atoms with Crippen molar-refractivity contribution in [1.29, 1.82) is 0 Å². The number of nitrogens with one attached hydrogen (secondary N) is 1. The summed E-state index contributed by atoms with van der Waals surface area (Å²) in [4.78, 5) is 0. The maximum absolute atomic E-state index is 12.1. The highest BCUT2D eigenvalue weighted by atomic mass is 19.3. The van der Waals surface area contributed by atoms with Crippen LogP contribution in [0.4, 0.5) is 8.78 Å². The fourth-order valence-corrected chi connectivity index (χ4v) is 2.64. The van der Waals surface area contributed by atoms with Crippen LogP contribution in [0.5, 0.6) is 5.75 Å². The Morgan fingerprint density at radius 3 is 2.57 bits per heavy atom. The van der Waals surface area contributed by atoms with E-state index in [1.54, 1.807) is 17.7 Å². The second-order valence-corrected chi connectivity index (χ2v) is 5.48. The van der Waals surface area contributed by atoms with Gasteiger partial charge in [-0.25, -0.2) is 0 Å². The first-order valence-corrected chi connectivity index (χ1v) is 7.61. The van der Waals surface area contributed by atoms with Gasteiger partial charge in [-0.1, -0.05) is 23.8 Å². The molecule has 1 aliphatic rings. The average molecular weight is 295 g/mol. The highest BCUT2D eigenvalue weighted by molar-refractivity contribution is 5.29. The Hall–Kier alpha value is -1.42. The largest absolute Gasteiger partial charge is 0.435 e. The van der Waals surface area contributed by atoms with Crippen LogP contribution >= 0.6 is 0 Å². The molecule has 1 aromatic carbocycles. The molecule has 1 unspecified atom stereocenters. The van der Waals surface area contributed by atoms with Crippen LogP contribution in [0.15, 0.2) is 35.9 Å². The Bertz CT molecular complexity index is 456. The number of hydrogen-bond donors (Lipinski definition) is 1. The van der Waals surface area contributed by atoms with Crippen molar-refractivity contribution in [1.82, 2.24) is 5.32 Å². The molecule has 0 aliphatic heterocycles. The molecular weight excluding hydrogens is 272 g/mol. The van der Waals surface area contributed by atoms with Crippen molar-refractivity contribution in [2.45, 2.75) is 51.7 Å². The van der Waals surface area contributed by atoms with Gasteiger partial charge in [0.15, 0.2) is 0 Å². The van der Waals surface area contributed by atoms with Gasteiger partial charge in [0.25, 0.3) is 0 Å². The summed E-state index contributed by atoms with van der Waals surface area (Å²) in [6.45, 7) is 0.260. The first-order chi connectivity index (χ1) is 10.1. The predicted octanol–water partition coefficient (Wildman–Crippen LogP) is 4.83. The van der Waals surface area contributed by atoms with Crippen molar-refractivity contribution in [3.63, 3.8) is 0 Å². The van der Waals surface area contributed by atoms with E-state index in [9.17, 15) is 8.78 Å². The highest BCUT2D eigenvalue weighted by Crippen LogP contribution is 2.21. The molecule has 2 nitrogen and oxygen atoms in total. The minimum absolute atomic E-state index is 0.202. The number of hydrogen-bond acceptors (Lipinski definition) is 2. The van der Waals surface area contributed by atoms with Crippen LogP contribution in [0.1, 0.15) is 50.6 Å². The molecule has 1 aliphatic carbocycles. The quantitative estimate of drug-likeness (QED) is 0.727. The number of rotatable bonds is 7. The third-order valence-corrected chi connectivity index (χ3v) is 3.89. The SMILES string of the molecule is CC(NCCC1=CCCCC1)c1ccc(OC(F)F)cc1. The summed E-state index contributed by atoms with van der Waals surface area (Å²) >= 11 is 0. The van der Waals surface area contributed by atoms with Gasteiger partial charge in [-0.2, -0.15) is 8.78 Å². The highest BCUT2D eigenvalue weighted by Gasteiger charge is 2.08. The third kappa shape index (κ3) is 5.46. The Morgan fingerprint density at radius 2 is 1.95 bits per heavy atom. The molecular formula is C17H23F2NO. The van der Waals surface area contributed by atoms with Crippen molar-refractivity contribution in [3.05, 3.63) is 41.5 Å². The first-order valence-electron chi connectivity index (χ1n) is 7.61. The number of alkyl halides is 2. The zero-order valence-electron chi connectivity index (χ0n) is 12.4.